The van der Waals surface area contributed by atoms with Crippen molar-refractivity contribution in [1.82, 2.24) is 15.0 Å². The summed E-state index contributed by atoms with van der Waals surface area (Å²) in [6.45, 7) is 4.90. The quantitative estimate of drug-likeness (QED) is 0.829. The van der Waals surface area contributed by atoms with Gasteiger partial charge in [-0.25, -0.2) is 0 Å². The third-order valence-corrected chi connectivity index (χ3v) is 3.63. The molecule has 21 heavy (non-hydrogen) atoms. The van der Waals surface area contributed by atoms with Crippen LogP contribution in [0.5, 0.6) is 6.01 Å². The Morgan fingerprint density at radius 2 is 1.95 bits per heavy atom. The molecule has 0 bridgehead atoms. The third kappa shape index (κ3) is 4.29. The minimum atomic E-state index is 0.278. The van der Waals surface area contributed by atoms with Crippen molar-refractivity contribution in [2.45, 2.75) is 20.3 Å². The Balaban J connectivity index is 2.23. The number of anilines is 3. The fraction of sp³-hybridized carbons (Fsp3) is 0.357. The number of benzene rings is 1. The van der Waals surface area contributed by atoms with Crippen molar-refractivity contribution < 1.29 is 4.74 Å². The first-order valence-corrected chi connectivity index (χ1v) is 7.48. The molecule has 0 aliphatic rings. The van der Waals surface area contributed by atoms with Crippen LogP contribution in [0.2, 0.25) is 0 Å². The van der Waals surface area contributed by atoms with Gasteiger partial charge in [-0.05, 0) is 37.1 Å². The second kappa shape index (κ2) is 7.21. The summed E-state index contributed by atoms with van der Waals surface area (Å²) in [7, 11) is 1.53. The lowest BCUT2D eigenvalue weighted by Gasteiger charge is -2.10. The van der Waals surface area contributed by atoms with Crippen molar-refractivity contribution in [2.75, 3.05) is 24.3 Å². The van der Waals surface area contributed by atoms with Crippen LogP contribution in [0.4, 0.5) is 17.6 Å². The normalized spacial score (nSPS) is 10.3. The molecule has 2 N–H and O–H groups in total. The molecular formula is C14H18BrN5O. The Hall–Kier alpha value is -1.89. The highest BCUT2D eigenvalue weighted by molar-refractivity contribution is 9.10. The van der Waals surface area contributed by atoms with Gasteiger partial charge in [0, 0.05) is 16.7 Å². The highest BCUT2D eigenvalue weighted by Crippen LogP contribution is 2.22. The Bertz CT molecular complexity index is 620. The van der Waals surface area contributed by atoms with Crippen molar-refractivity contribution in [1.29, 1.82) is 0 Å². The fourth-order valence-corrected chi connectivity index (χ4v) is 1.92. The SMILES string of the molecule is CCCNc1nc(Nc2ccc(Br)c(C)c2)nc(OC)n1. The Morgan fingerprint density at radius 3 is 2.62 bits per heavy atom. The van der Waals surface area contributed by atoms with Crippen LogP contribution in [0.15, 0.2) is 22.7 Å². The highest BCUT2D eigenvalue weighted by atomic mass is 79.9. The summed E-state index contributed by atoms with van der Waals surface area (Å²) in [5.74, 6) is 0.946. The molecule has 0 aliphatic carbocycles. The smallest absolute Gasteiger partial charge is 0.322 e. The molecule has 6 nitrogen and oxygen atoms in total. The first-order valence-electron chi connectivity index (χ1n) is 6.69. The molecule has 2 aromatic rings. The maximum Gasteiger partial charge on any atom is 0.322 e. The van der Waals surface area contributed by atoms with Crippen molar-refractivity contribution in [2.24, 2.45) is 0 Å². The second-order valence-corrected chi connectivity index (χ2v) is 5.34. The van der Waals surface area contributed by atoms with Gasteiger partial charge in [0.25, 0.3) is 0 Å². The van der Waals surface area contributed by atoms with Crippen molar-refractivity contribution in [3.63, 3.8) is 0 Å². The number of nitrogens with one attached hydrogen (secondary N) is 2. The lowest BCUT2D eigenvalue weighted by atomic mass is 10.2. The molecule has 0 spiro atoms. The summed E-state index contributed by atoms with van der Waals surface area (Å²) < 4.78 is 6.17. The number of halogens is 1. The van der Waals surface area contributed by atoms with Gasteiger partial charge < -0.3 is 15.4 Å². The number of hydrogen-bond acceptors (Lipinski definition) is 6. The summed E-state index contributed by atoms with van der Waals surface area (Å²) in [5, 5.41) is 6.29. The molecule has 0 aliphatic heterocycles. The molecule has 1 aromatic heterocycles. The van der Waals surface area contributed by atoms with Crippen LogP contribution < -0.4 is 15.4 Å². The summed E-state index contributed by atoms with van der Waals surface area (Å²) in [5.41, 5.74) is 2.04. The third-order valence-electron chi connectivity index (χ3n) is 2.74. The van der Waals surface area contributed by atoms with Gasteiger partial charge in [-0.3, -0.25) is 0 Å². The van der Waals surface area contributed by atoms with Gasteiger partial charge in [-0.2, -0.15) is 15.0 Å². The molecular weight excluding hydrogens is 334 g/mol. The minimum Gasteiger partial charge on any atom is -0.467 e. The monoisotopic (exact) mass is 351 g/mol. The number of methoxy groups -OCH3 is 1. The minimum absolute atomic E-state index is 0.278. The molecule has 2 rings (SSSR count). The van der Waals surface area contributed by atoms with Crippen LogP contribution in [0.3, 0.4) is 0 Å². The van der Waals surface area contributed by atoms with E-state index in [0.29, 0.717) is 11.9 Å². The van der Waals surface area contributed by atoms with E-state index < -0.39 is 0 Å². The zero-order chi connectivity index (χ0) is 15.2. The van der Waals surface area contributed by atoms with E-state index in [9.17, 15) is 0 Å². The highest BCUT2D eigenvalue weighted by Gasteiger charge is 2.07. The fourth-order valence-electron chi connectivity index (χ4n) is 1.67. The van der Waals surface area contributed by atoms with Crippen LogP contribution in [-0.4, -0.2) is 28.6 Å². The molecule has 0 saturated carbocycles. The second-order valence-electron chi connectivity index (χ2n) is 4.49. The zero-order valence-corrected chi connectivity index (χ0v) is 13.9. The molecule has 0 radical (unpaired) electrons. The number of aromatic nitrogens is 3. The standard InChI is InChI=1S/C14H18BrN5O/c1-4-7-16-12-18-13(20-14(19-12)21-3)17-10-5-6-11(15)9(2)8-10/h5-6,8H,4,7H2,1-3H3,(H2,16,17,18,19,20). The Kier molecular flexibility index (Phi) is 5.32. The van der Waals surface area contributed by atoms with Gasteiger partial charge in [0.1, 0.15) is 0 Å². The van der Waals surface area contributed by atoms with Crippen LogP contribution >= 0.6 is 15.9 Å². The number of rotatable bonds is 6. The van der Waals surface area contributed by atoms with Crippen LogP contribution in [0.1, 0.15) is 18.9 Å². The molecule has 112 valence electrons. The van der Waals surface area contributed by atoms with Gasteiger partial charge in [0.2, 0.25) is 11.9 Å². The first-order chi connectivity index (χ1) is 10.1. The van der Waals surface area contributed by atoms with Crippen LogP contribution in [0, 0.1) is 6.92 Å². The molecule has 0 amide bonds. The largest absolute Gasteiger partial charge is 0.467 e. The van der Waals surface area contributed by atoms with E-state index in [0.717, 1.165) is 28.7 Å². The number of aryl methyl sites for hydroxylation is 1. The summed E-state index contributed by atoms with van der Waals surface area (Å²) >= 11 is 3.48. The van der Waals surface area contributed by atoms with E-state index in [1.165, 1.54) is 7.11 Å². The number of ether oxygens (including phenoxy) is 1. The summed E-state index contributed by atoms with van der Waals surface area (Å²) in [6, 6.07) is 6.22. The summed E-state index contributed by atoms with van der Waals surface area (Å²) in [4.78, 5) is 12.7. The average molecular weight is 352 g/mol. The van der Waals surface area contributed by atoms with E-state index in [-0.39, 0.29) is 6.01 Å². The zero-order valence-electron chi connectivity index (χ0n) is 12.3. The van der Waals surface area contributed by atoms with Crippen molar-refractivity contribution in [3.8, 4) is 6.01 Å². The predicted molar refractivity (Wildman–Crippen MR) is 87.3 cm³/mol. The van der Waals surface area contributed by atoms with Crippen molar-refractivity contribution >= 4 is 33.5 Å². The Labute approximate surface area is 132 Å². The lowest BCUT2D eigenvalue weighted by molar-refractivity contribution is 0.379. The van der Waals surface area contributed by atoms with E-state index >= 15 is 0 Å². The molecule has 7 heteroatoms. The Morgan fingerprint density at radius 1 is 1.19 bits per heavy atom. The van der Waals surface area contributed by atoms with Gasteiger partial charge >= 0.3 is 6.01 Å². The number of hydrogen-bond donors (Lipinski definition) is 2. The maximum absolute atomic E-state index is 5.11. The summed E-state index contributed by atoms with van der Waals surface area (Å²) in [6.07, 6.45) is 0.989. The van der Waals surface area contributed by atoms with Gasteiger partial charge in [-0.1, -0.05) is 22.9 Å². The van der Waals surface area contributed by atoms with Crippen molar-refractivity contribution in [3.05, 3.63) is 28.2 Å². The topological polar surface area (TPSA) is 72.0 Å². The van der Waals surface area contributed by atoms with Gasteiger partial charge in [-0.15, -0.1) is 0 Å². The lowest BCUT2D eigenvalue weighted by Crippen LogP contribution is -2.09. The molecule has 0 fully saturated rings. The van der Waals surface area contributed by atoms with Crippen LogP contribution in [-0.2, 0) is 0 Å². The molecule has 1 aromatic carbocycles. The molecule has 0 saturated heterocycles. The number of nitrogens with zero attached hydrogens (tertiary/aromatic N) is 3. The van der Waals surface area contributed by atoms with E-state index in [4.69, 9.17) is 4.74 Å². The molecule has 0 unspecified atom stereocenters. The van der Waals surface area contributed by atoms with Gasteiger partial charge in [0.15, 0.2) is 0 Å². The van der Waals surface area contributed by atoms with Crippen LogP contribution in [0.25, 0.3) is 0 Å². The molecule has 0 atom stereocenters. The maximum atomic E-state index is 5.11. The van der Waals surface area contributed by atoms with E-state index in [1.807, 2.05) is 25.1 Å². The van der Waals surface area contributed by atoms with Gasteiger partial charge in [0.05, 0.1) is 7.11 Å². The van der Waals surface area contributed by atoms with E-state index in [1.54, 1.807) is 0 Å². The first kappa shape index (κ1) is 15.5. The predicted octanol–water partition coefficient (Wildman–Crippen LogP) is 3.52. The van der Waals surface area contributed by atoms with E-state index in [2.05, 4.69) is 48.4 Å². The average Bonchev–Trinajstić information content (AvgIpc) is 2.48. The molecule has 1 heterocycles.